The number of halogens is 2. The number of nitrogens with zero attached hydrogens (tertiary/aromatic N) is 3. The number of piperidine rings is 1. The van der Waals surface area contributed by atoms with E-state index in [1.165, 1.54) is 5.56 Å². The lowest BCUT2D eigenvalue weighted by molar-refractivity contribution is 0.198. The van der Waals surface area contributed by atoms with E-state index in [2.05, 4.69) is 37.8 Å². The van der Waals surface area contributed by atoms with Crippen LogP contribution < -0.4 is 10.6 Å². The number of benzene rings is 1. The molecule has 0 spiro atoms. The highest BCUT2D eigenvalue weighted by Gasteiger charge is 2.20. The molecule has 8 heteroatoms. The van der Waals surface area contributed by atoms with E-state index in [0.29, 0.717) is 12.6 Å². The predicted octanol–water partition coefficient (Wildman–Crippen LogP) is 3.28. The van der Waals surface area contributed by atoms with Gasteiger partial charge in [-0.1, -0.05) is 28.9 Å². The molecule has 0 radical (unpaired) electrons. The Hall–Kier alpha value is -1.32. The lowest BCUT2D eigenvalue weighted by atomic mass is 10.0. The van der Waals surface area contributed by atoms with E-state index < -0.39 is 0 Å². The minimum Gasteiger partial charge on any atom is -0.364 e. The van der Waals surface area contributed by atoms with Gasteiger partial charge < -0.3 is 15.2 Å². The van der Waals surface area contributed by atoms with Crippen molar-refractivity contribution in [1.82, 2.24) is 20.7 Å². The molecule has 26 heavy (non-hydrogen) atoms. The van der Waals surface area contributed by atoms with Crippen LogP contribution in [0.15, 0.2) is 46.1 Å². The van der Waals surface area contributed by atoms with E-state index in [9.17, 15) is 0 Å². The molecule has 1 aliphatic heterocycles. The van der Waals surface area contributed by atoms with Gasteiger partial charge in [0.2, 0.25) is 0 Å². The van der Waals surface area contributed by atoms with Crippen LogP contribution in [0.2, 0.25) is 5.02 Å². The van der Waals surface area contributed by atoms with Gasteiger partial charge in [0, 0.05) is 43.8 Å². The van der Waals surface area contributed by atoms with Gasteiger partial charge in [0.15, 0.2) is 5.96 Å². The Bertz CT molecular complexity index is 669. The first-order valence-corrected chi connectivity index (χ1v) is 8.94. The van der Waals surface area contributed by atoms with Gasteiger partial charge in [0.05, 0.1) is 6.54 Å². The van der Waals surface area contributed by atoms with Gasteiger partial charge >= 0.3 is 0 Å². The molecule has 0 atom stereocenters. The first-order chi connectivity index (χ1) is 12.2. The smallest absolute Gasteiger partial charge is 0.191 e. The second-order valence-corrected chi connectivity index (χ2v) is 6.67. The normalized spacial score (nSPS) is 16.2. The molecular formula is C18H25ClIN5O. The summed E-state index contributed by atoms with van der Waals surface area (Å²) in [6.07, 6.45) is 3.76. The van der Waals surface area contributed by atoms with Crippen LogP contribution >= 0.6 is 35.6 Å². The van der Waals surface area contributed by atoms with Gasteiger partial charge in [0.25, 0.3) is 0 Å². The molecule has 1 fully saturated rings. The average Bonchev–Trinajstić information content (AvgIpc) is 3.15. The maximum Gasteiger partial charge on any atom is 0.191 e. The summed E-state index contributed by atoms with van der Waals surface area (Å²) in [5.74, 6) is 0.805. The summed E-state index contributed by atoms with van der Waals surface area (Å²) in [7, 11) is 1.79. The van der Waals surface area contributed by atoms with Crippen molar-refractivity contribution >= 4 is 41.5 Å². The fraction of sp³-hybridized carbons (Fsp3) is 0.444. The molecule has 6 nitrogen and oxygen atoms in total. The lowest BCUT2D eigenvalue weighted by Crippen LogP contribution is -2.48. The Morgan fingerprint density at radius 1 is 1.27 bits per heavy atom. The summed E-state index contributed by atoms with van der Waals surface area (Å²) >= 11 is 5.95. The minimum absolute atomic E-state index is 0. The topological polar surface area (TPSA) is 65.7 Å². The molecule has 142 valence electrons. The highest BCUT2D eigenvalue weighted by atomic mass is 127. The number of likely N-dealkylation sites (tertiary alicyclic amines) is 1. The Morgan fingerprint density at radius 2 is 2.00 bits per heavy atom. The van der Waals surface area contributed by atoms with Crippen LogP contribution in [0.3, 0.4) is 0 Å². The lowest BCUT2D eigenvalue weighted by Gasteiger charge is -2.33. The van der Waals surface area contributed by atoms with Crippen molar-refractivity contribution < 1.29 is 4.52 Å². The van der Waals surface area contributed by atoms with E-state index in [4.69, 9.17) is 16.1 Å². The molecule has 0 amide bonds. The monoisotopic (exact) mass is 489 g/mol. The van der Waals surface area contributed by atoms with E-state index >= 15 is 0 Å². The maximum absolute atomic E-state index is 5.95. The molecule has 2 aromatic rings. The Labute approximate surface area is 176 Å². The van der Waals surface area contributed by atoms with Gasteiger partial charge in [-0.15, -0.1) is 24.0 Å². The molecule has 1 aromatic heterocycles. The highest BCUT2D eigenvalue weighted by molar-refractivity contribution is 14.0. The minimum atomic E-state index is 0. The second-order valence-electron chi connectivity index (χ2n) is 6.24. The number of guanidine groups is 1. The van der Waals surface area contributed by atoms with Crippen molar-refractivity contribution in [2.45, 2.75) is 32.0 Å². The van der Waals surface area contributed by atoms with Gasteiger partial charge in [-0.2, -0.15) is 0 Å². The fourth-order valence-electron chi connectivity index (χ4n) is 2.97. The summed E-state index contributed by atoms with van der Waals surface area (Å²) in [6.45, 7) is 3.72. The molecular weight excluding hydrogens is 465 g/mol. The van der Waals surface area contributed by atoms with Crippen molar-refractivity contribution in [2.75, 3.05) is 20.1 Å². The van der Waals surface area contributed by atoms with Crippen LogP contribution in [0.5, 0.6) is 0 Å². The van der Waals surface area contributed by atoms with E-state index in [-0.39, 0.29) is 24.0 Å². The van der Waals surface area contributed by atoms with Crippen molar-refractivity contribution in [3.05, 3.63) is 52.9 Å². The van der Waals surface area contributed by atoms with E-state index in [0.717, 1.165) is 49.2 Å². The molecule has 0 saturated carbocycles. The standard InChI is InChI=1S/C18H24ClN5O.HI/c1-20-18(21-12-17-8-11-25-23-17)22-16-6-9-24(10-7-16)13-14-2-4-15(19)5-3-14;/h2-5,8,11,16H,6-7,9-10,12-13H2,1H3,(H2,20,21,22);1H. The molecule has 0 aliphatic carbocycles. The first kappa shape index (κ1) is 21.0. The van der Waals surface area contributed by atoms with Crippen LogP contribution in [0, 0.1) is 0 Å². The number of hydrogen-bond donors (Lipinski definition) is 2. The van der Waals surface area contributed by atoms with E-state index in [1.807, 2.05) is 18.2 Å². The molecule has 2 N–H and O–H groups in total. The average molecular weight is 490 g/mol. The third-order valence-corrected chi connectivity index (χ3v) is 4.65. The van der Waals surface area contributed by atoms with Crippen molar-refractivity contribution in [3.8, 4) is 0 Å². The number of rotatable bonds is 5. The van der Waals surface area contributed by atoms with E-state index in [1.54, 1.807) is 13.3 Å². The van der Waals surface area contributed by atoms with Crippen molar-refractivity contribution in [1.29, 1.82) is 0 Å². The third-order valence-electron chi connectivity index (χ3n) is 4.40. The molecule has 1 saturated heterocycles. The zero-order chi connectivity index (χ0) is 17.5. The first-order valence-electron chi connectivity index (χ1n) is 8.56. The van der Waals surface area contributed by atoms with Gasteiger partial charge in [-0.05, 0) is 30.5 Å². The van der Waals surface area contributed by atoms with Crippen LogP contribution in [0.1, 0.15) is 24.1 Å². The summed E-state index contributed by atoms with van der Waals surface area (Å²) in [4.78, 5) is 6.77. The number of aromatic nitrogens is 1. The fourth-order valence-corrected chi connectivity index (χ4v) is 3.10. The largest absolute Gasteiger partial charge is 0.364 e. The number of nitrogens with one attached hydrogen (secondary N) is 2. The van der Waals surface area contributed by atoms with Gasteiger partial charge in [-0.25, -0.2) is 0 Å². The summed E-state index contributed by atoms with van der Waals surface area (Å²) in [6, 6.07) is 10.4. The van der Waals surface area contributed by atoms with Crippen LogP contribution in [0.4, 0.5) is 0 Å². The van der Waals surface area contributed by atoms with Gasteiger partial charge in [-0.3, -0.25) is 9.89 Å². The Kier molecular flexibility index (Phi) is 8.67. The second kappa shape index (κ2) is 10.7. The molecule has 1 aliphatic rings. The highest BCUT2D eigenvalue weighted by Crippen LogP contribution is 2.16. The van der Waals surface area contributed by atoms with Crippen LogP contribution in [-0.4, -0.2) is 42.2 Å². The van der Waals surface area contributed by atoms with Crippen molar-refractivity contribution in [2.24, 2.45) is 4.99 Å². The third kappa shape index (κ3) is 6.44. The van der Waals surface area contributed by atoms with Crippen LogP contribution in [0.25, 0.3) is 0 Å². The maximum atomic E-state index is 5.95. The molecule has 1 aromatic carbocycles. The SMILES string of the molecule is CN=C(NCc1ccon1)NC1CCN(Cc2ccc(Cl)cc2)CC1.I. The summed E-state index contributed by atoms with van der Waals surface area (Å²) in [5, 5.41) is 11.4. The Morgan fingerprint density at radius 3 is 2.62 bits per heavy atom. The molecule has 2 heterocycles. The van der Waals surface area contributed by atoms with Crippen LogP contribution in [-0.2, 0) is 13.1 Å². The zero-order valence-electron chi connectivity index (χ0n) is 14.8. The van der Waals surface area contributed by atoms with Gasteiger partial charge in [0.1, 0.15) is 12.0 Å². The summed E-state index contributed by atoms with van der Waals surface area (Å²) < 4.78 is 4.83. The molecule has 3 rings (SSSR count). The predicted molar refractivity (Wildman–Crippen MR) is 115 cm³/mol. The van der Waals surface area contributed by atoms with Crippen molar-refractivity contribution in [3.63, 3.8) is 0 Å². The number of aliphatic imine (C=N–C) groups is 1. The summed E-state index contributed by atoms with van der Waals surface area (Å²) in [5.41, 5.74) is 2.17. The quantitative estimate of drug-likeness (QED) is 0.383. The Balaban J connectivity index is 0.00000243. The molecule has 0 bridgehead atoms. The zero-order valence-corrected chi connectivity index (χ0v) is 17.9. The molecule has 0 unspecified atom stereocenters. The number of hydrogen-bond acceptors (Lipinski definition) is 4.